The van der Waals surface area contributed by atoms with E-state index in [-0.39, 0.29) is 17.9 Å². The highest BCUT2D eigenvalue weighted by Gasteiger charge is 2.40. The highest BCUT2D eigenvalue weighted by atomic mass is 16.5. The van der Waals surface area contributed by atoms with Gasteiger partial charge in [0.2, 0.25) is 0 Å². The normalized spacial score (nSPS) is 14.3. The second-order valence-electron chi connectivity index (χ2n) is 7.15. The summed E-state index contributed by atoms with van der Waals surface area (Å²) in [6.45, 7) is 10.2. The fraction of sp³-hybridized carbons (Fsp3) is 0.304. The number of benzene rings is 2. The monoisotopic (exact) mass is 378 g/mol. The van der Waals surface area contributed by atoms with Gasteiger partial charge in [-0.1, -0.05) is 24.3 Å². The number of hydrogen-bond donors (Lipinski definition) is 1. The van der Waals surface area contributed by atoms with Gasteiger partial charge >= 0.3 is 0 Å². The minimum absolute atomic E-state index is 0.226. The van der Waals surface area contributed by atoms with Gasteiger partial charge in [-0.15, -0.1) is 0 Å². The van der Waals surface area contributed by atoms with Crippen LogP contribution in [0, 0.1) is 13.8 Å². The van der Waals surface area contributed by atoms with Crippen molar-refractivity contribution in [1.82, 2.24) is 4.90 Å². The van der Waals surface area contributed by atoms with Crippen LogP contribution in [0.25, 0.3) is 5.57 Å². The third-order valence-electron chi connectivity index (χ3n) is 4.95. The van der Waals surface area contributed by atoms with Crippen molar-refractivity contribution in [1.29, 1.82) is 0 Å². The molecular weight excluding hydrogens is 352 g/mol. The van der Waals surface area contributed by atoms with Gasteiger partial charge in [-0.2, -0.15) is 0 Å². The largest absolute Gasteiger partial charge is 0.494 e. The molecular formula is C23H26N2O3. The Kier molecular flexibility index (Phi) is 5.54. The van der Waals surface area contributed by atoms with E-state index in [1.54, 1.807) is 0 Å². The van der Waals surface area contributed by atoms with Crippen molar-refractivity contribution in [3.63, 3.8) is 0 Å². The van der Waals surface area contributed by atoms with Gasteiger partial charge in [-0.3, -0.25) is 14.5 Å². The minimum atomic E-state index is -0.301. The zero-order valence-electron chi connectivity index (χ0n) is 17.0. The third kappa shape index (κ3) is 3.52. The predicted molar refractivity (Wildman–Crippen MR) is 111 cm³/mol. The van der Waals surface area contributed by atoms with Crippen molar-refractivity contribution < 1.29 is 14.3 Å². The summed E-state index contributed by atoms with van der Waals surface area (Å²) >= 11 is 0. The van der Waals surface area contributed by atoms with Crippen LogP contribution < -0.4 is 10.1 Å². The highest BCUT2D eigenvalue weighted by Crippen LogP contribution is 2.33. The number of ether oxygens (including phenoxy) is 1. The first-order chi connectivity index (χ1) is 13.3. The molecule has 28 heavy (non-hydrogen) atoms. The molecule has 0 bridgehead atoms. The van der Waals surface area contributed by atoms with E-state index in [0.717, 1.165) is 22.6 Å². The molecule has 1 aliphatic heterocycles. The van der Waals surface area contributed by atoms with Crippen molar-refractivity contribution in [3.8, 4) is 5.75 Å². The number of rotatable bonds is 6. The predicted octanol–water partition coefficient (Wildman–Crippen LogP) is 4.30. The van der Waals surface area contributed by atoms with Gasteiger partial charge in [0.1, 0.15) is 11.4 Å². The maximum Gasteiger partial charge on any atom is 0.278 e. The molecule has 0 unspecified atom stereocenters. The van der Waals surface area contributed by atoms with Crippen molar-refractivity contribution >= 4 is 23.1 Å². The molecule has 2 aromatic carbocycles. The molecule has 0 atom stereocenters. The van der Waals surface area contributed by atoms with Gasteiger partial charge in [-0.05, 0) is 69.5 Å². The van der Waals surface area contributed by atoms with E-state index >= 15 is 0 Å². The molecule has 0 fully saturated rings. The summed E-state index contributed by atoms with van der Waals surface area (Å²) in [6.07, 6.45) is 0. The van der Waals surface area contributed by atoms with E-state index in [4.69, 9.17) is 4.74 Å². The number of aryl methyl sites for hydroxylation is 1. The van der Waals surface area contributed by atoms with Crippen LogP contribution in [0.1, 0.15) is 37.5 Å². The smallest absolute Gasteiger partial charge is 0.278 e. The lowest BCUT2D eigenvalue weighted by atomic mass is 10.0. The van der Waals surface area contributed by atoms with Crippen LogP contribution >= 0.6 is 0 Å². The van der Waals surface area contributed by atoms with Gasteiger partial charge in [0, 0.05) is 11.7 Å². The van der Waals surface area contributed by atoms with E-state index in [2.05, 4.69) is 5.32 Å². The van der Waals surface area contributed by atoms with Crippen LogP contribution in [-0.4, -0.2) is 29.4 Å². The standard InChI is InChI=1S/C23H26N2O3/c1-6-28-18-12-10-17(11-13-18)20-21(23(27)25(14(2)3)22(20)26)24-19-9-7-8-15(4)16(19)5/h7-14,24H,6H2,1-5H3. The fourth-order valence-electron chi connectivity index (χ4n) is 3.31. The molecule has 2 amide bonds. The van der Waals surface area contributed by atoms with E-state index in [1.807, 2.05) is 77.1 Å². The Bertz CT molecular complexity index is 943. The number of carbonyl (C=O) groups is 2. The number of hydrogen-bond acceptors (Lipinski definition) is 4. The van der Waals surface area contributed by atoms with Crippen molar-refractivity contribution in [2.75, 3.05) is 11.9 Å². The van der Waals surface area contributed by atoms with Gasteiger partial charge < -0.3 is 10.1 Å². The van der Waals surface area contributed by atoms with E-state index in [1.165, 1.54) is 4.90 Å². The van der Waals surface area contributed by atoms with E-state index < -0.39 is 0 Å². The maximum atomic E-state index is 13.1. The summed E-state index contributed by atoms with van der Waals surface area (Å²) < 4.78 is 5.49. The Hall–Kier alpha value is -3.08. The summed E-state index contributed by atoms with van der Waals surface area (Å²) in [6, 6.07) is 12.9. The number of imide groups is 1. The average Bonchev–Trinajstić information content (AvgIpc) is 2.90. The first kappa shape index (κ1) is 19.7. The van der Waals surface area contributed by atoms with Gasteiger partial charge in [0.15, 0.2) is 0 Å². The molecule has 0 aliphatic carbocycles. The molecule has 3 rings (SSSR count). The first-order valence-electron chi connectivity index (χ1n) is 9.53. The zero-order chi connectivity index (χ0) is 20.4. The summed E-state index contributed by atoms with van der Waals surface area (Å²) in [5.41, 5.74) is 4.39. The quantitative estimate of drug-likeness (QED) is 0.762. The number of nitrogens with one attached hydrogen (secondary N) is 1. The molecule has 5 heteroatoms. The Morgan fingerprint density at radius 3 is 2.29 bits per heavy atom. The third-order valence-corrected chi connectivity index (χ3v) is 4.95. The van der Waals surface area contributed by atoms with Crippen LogP contribution in [0.2, 0.25) is 0 Å². The summed E-state index contributed by atoms with van der Waals surface area (Å²) in [5.74, 6) is 0.148. The Labute approximate surface area is 166 Å². The van der Waals surface area contributed by atoms with E-state index in [0.29, 0.717) is 23.4 Å². The van der Waals surface area contributed by atoms with E-state index in [9.17, 15) is 9.59 Å². The molecule has 146 valence electrons. The molecule has 1 heterocycles. The van der Waals surface area contributed by atoms with Crippen molar-refractivity contribution in [2.45, 2.75) is 40.7 Å². The Balaban J connectivity index is 2.09. The molecule has 0 radical (unpaired) electrons. The minimum Gasteiger partial charge on any atom is -0.494 e. The number of nitrogens with zero attached hydrogens (tertiary/aromatic N) is 1. The molecule has 0 spiro atoms. The molecule has 0 saturated heterocycles. The van der Waals surface area contributed by atoms with Crippen LogP contribution in [0.5, 0.6) is 5.75 Å². The Morgan fingerprint density at radius 1 is 1.00 bits per heavy atom. The van der Waals surface area contributed by atoms with Crippen LogP contribution in [0.15, 0.2) is 48.2 Å². The lowest BCUT2D eigenvalue weighted by Crippen LogP contribution is -2.38. The van der Waals surface area contributed by atoms with Crippen molar-refractivity contribution in [3.05, 3.63) is 64.9 Å². The number of anilines is 1. The topological polar surface area (TPSA) is 58.6 Å². The lowest BCUT2D eigenvalue weighted by molar-refractivity contribution is -0.138. The van der Waals surface area contributed by atoms with Crippen LogP contribution in [-0.2, 0) is 9.59 Å². The molecule has 2 aromatic rings. The molecule has 5 nitrogen and oxygen atoms in total. The van der Waals surface area contributed by atoms with Gasteiger partial charge in [-0.25, -0.2) is 0 Å². The fourth-order valence-corrected chi connectivity index (χ4v) is 3.31. The first-order valence-corrected chi connectivity index (χ1v) is 9.53. The van der Waals surface area contributed by atoms with Crippen LogP contribution in [0.4, 0.5) is 5.69 Å². The summed E-state index contributed by atoms with van der Waals surface area (Å²) in [7, 11) is 0. The molecule has 1 aliphatic rings. The molecule has 0 aromatic heterocycles. The highest BCUT2D eigenvalue weighted by molar-refractivity contribution is 6.36. The zero-order valence-corrected chi connectivity index (χ0v) is 17.0. The SMILES string of the molecule is CCOc1ccc(C2=C(Nc3cccc(C)c3C)C(=O)N(C(C)C)C2=O)cc1. The van der Waals surface area contributed by atoms with Gasteiger partial charge in [0.05, 0.1) is 12.2 Å². The van der Waals surface area contributed by atoms with Crippen molar-refractivity contribution in [2.24, 2.45) is 0 Å². The summed E-state index contributed by atoms with van der Waals surface area (Å²) in [4.78, 5) is 27.5. The number of carbonyl (C=O) groups excluding carboxylic acids is 2. The second-order valence-corrected chi connectivity index (χ2v) is 7.15. The molecule has 0 saturated carbocycles. The number of amides is 2. The second kappa shape index (κ2) is 7.89. The molecule has 1 N–H and O–H groups in total. The summed E-state index contributed by atoms with van der Waals surface area (Å²) in [5, 5.41) is 3.24. The van der Waals surface area contributed by atoms with Crippen LogP contribution in [0.3, 0.4) is 0 Å². The average molecular weight is 378 g/mol. The van der Waals surface area contributed by atoms with Gasteiger partial charge in [0.25, 0.3) is 11.8 Å². The Morgan fingerprint density at radius 2 is 1.68 bits per heavy atom. The maximum absolute atomic E-state index is 13.1. The lowest BCUT2D eigenvalue weighted by Gasteiger charge is -2.19.